The summed E-state index contributed by atoms with van der Waals surface area (Å²) in [5.74, 6) is -2.44. The van der Waals surface area contributed by atoms with Crippen LogP contribution in [0.4, 0.5) is 5.69 Å². The summed E-state index contributed by atoms with van der Waals surface area (Å²) in [5, 5.41) is -0.458. The molecule has 1 aliphatic carbocycles. The number of aryl methyl sites for hydroxylation is 1. The Hall–Kier alpha value is -2.50. The van der Waals surface area contributed by atoms with Gasteiger partial charge >= 0.3 is 0 Å². The molecule has 0 spiro atoms. The molecule has 1 heterocycles. The molecule has 0 saturated heterocycles. The fourth-order valence-electron chi connectivity index (χ4n) is 2.19. The zero-order chi connectivity index (χ0) is 21.2. The van der Waals surface area contributed by atoms with Crippen molar-refractivity contribution in [3.05, 3.63) is 34.3 Å². The summed E-state index contributed by atoms with van der Waals surface area (Å²) in [6.07, 6.45) is -4.39. The van der Waals surface area contributed by atoms with E-state index in [-0.39, 0.29) is 5.52 Å². The lowest BCUT2D eigenvalue weighted by Gasteiger charge is -2.24. The highest BCUT2D eigenvalue weighted by molar-refractivity contribution is 6.03. The molecule has 1 fully saturated rings. The van der Waals surface area contributed by atoms with E-state index in [1.54, 1.807) is 0 Å². The first-order chi connectivity index (χ1) is 12.9. The summed E-state index contributed by atoms with van der Waals surface area (Å²) in [4.78, 5) is 41.4. The van der Waals surface area contributed by atoms with Crippen LogP contribution in [0.15, 0.2) is 22.9 Å². The molecule has 108 valence electrons. The number of nitrogens with zero attached hydrogens (tertiary/aromatic N) is 2. The summed E-state index contributed by atoms with van der Waals surface area (Å²) < 4.78 is 55.7. The van der Waals surface area contributed by atoms with Gasteiger partial charge in [0.05, 0.1) is 28.8 Å². The first kappa shape index (κ1) is 7.49. The summed E-state index contributed by atoms with van der Waals surface area (Å²) in [7, 11) is 0. The highest BCUT2D eigenvalue weighted by atomic mass is 16.2. The molecule has 1 aliphatic rings. The van der Waals surface area contributed by atoms with Crippen LogP contribution in [0.25, 0.3) is 10.9 Å². The minimum Gasteiger partial charge on any atom is -0.398 e. The van der Waals surface area contributed by atoms with Gasteiger partial charge in [-0.3, -0.25) is 19.0 Å². The van der Waals surface area contributed by atoms with Gasteiger partial charge in [0.15, 0.2) is 5.78 Å². The summed E-state index contributed by atoms with van der Waals surface area (Å²) >= 11 is 0. The first-order valence-corrected chi connectivity index (χ1v) is 6.04. The smallest absolute Gasteiger partial charge is 0.264 e. The lowest BCUT2D eigenvalue weighted by atomic mass is 9.92. The number of fused-ring (bicyclic) bond motifs is 1. The molecule has 6 heteroatoms. The van der Waals surface area contributed by atoms with Crippen molar-refractivity contribution in [1.82, 2.24) is 9.55 Å². The Labute approximate surface area is 130 Å². The molecule has 2 N–H and O–H groups in total. The number of aromatic nitrogens is 2. The van der Waals surface area contributed by atoms with Crippen LogP contribution < -0.4 is 11.3 Å². The number of Topliss-reactive ketones (excluding diaryl/α,β-unsaturated/α-hetero) is 2. The molecule has 0 amide bonds. The van der Waals surface area contributed by atoms with Crippen molar-refractivity contribution >= 4 is 28.2 Å². The second kappa shape index (κ2) is 4.80. The van der Waals surface area contributed by atoms with Crippen LogP contribution in [-0.2, 0) is 9.59 Å². The molecular formula is C15H15N3O3. The number of anilines is 1. The third-order valence-electron chi connectivity index (χ3n) is 3.17. The monoisotopic (exact) mass is 292 g/mol. The fraction of sp³-hybridized carbons (Fsp3) is 0.333. The number of carbonyl (C=O) groups is 2. The van der Waals surface area contributed by atoms with Crippen LogP contribution in [0.2, 0.25) is 0 Å². The van der Waals surface area contributed by atoms with Crippen molar-refractivity contribution < 1.29 is 19.2 Å². The number of hydrogen-bond donors (Lipinski definition) is 1. The molecule has 6 nitrogen and oxygen atoms in total. The zero-order valence-electron chi connectivity index (χ0n) is 17.8. The van der Waals surface area contributed by atoms with Crippen LogP contribution in [0.1, 0.15) is 40.7 Å². The average molecular weight is 292 g/mol. The molecule has 3 rings (SSSR count). The van der Waals surface area contributed by atoms with Crippen molar-refractivity contribution in [2.24, 2.45) is 0 Å². The normalized spacial score (nSPS) is 29.8. The van der Waals surface area contributed by atoms with E-state index in [0.717, 1.165) is 0 Å². The fourth-order valence-corrected chi connectivity index (χ4v) is 2.19. The summed E-state index contributed by atoms with van der Waals surface area (Å²) in [6, 6.07) is -4.27. The number of nitrogens with two attached hydrogens (primary N) is 1. The van der Waals surface area contributed by atoms with E-state index < -0.39 is 84.3 Å². The van der Waals surface area contributed by atoms with Crippen molar-refractivity contribution in [3.8, 4) is 0 Å². The summed E-state index contributed by atoms with van der Waals surface area (Å²) in [6.45, 7) is -0.689. The third-order valence-corrected chi connectivity index (χ3v) is 3.17. The maximum absolute atomic E-state index is 13.1. The van der Waals surface area contributed by atoms with Gasteiger partial charge in [0.2, 0.25) is 0 Å². The minimum atomic E-state index is -2.54. The number of carbonyl (C=O) groups excluding carboxylic acids is 2. The predicted molar refractivity (Wildman–Crippen MR) is 78.1 cm³/mol. The molecular weight excluding hydrogens is 270 g/mol. The Balaban J connectivity index is 2.45. The van der Waals surface area contributed by atoms with Crippen molar-refractivity contribution in [1.29, 1.82) is 0 Å². The van der Waals surface area contributed by atoms with Gasteiger partial charge in [-0.05, 0) is 25.4 Å². The van der Waals surface area contributed by atoms with Gasteiger partial charge in [0.25, 0.3) is 5.56 Å². The van der Waals surface area contributed by atoms with E-state index in [1.807, 2.05) is 0 Å². The number of nitrogen functional groups attached to an aromatic ring is 1. The maximum Gasteiger partial charge on any atom is 0.264 e. The van der Waals surface area contributed by atoms with E-state index in [0.29, 0.717) is 4.57 Å². The Bertz CT molecular complexity index is 1110. The van der Waals surface area contributed by atoms with E-state index in [4.69, 9.17) is 15.3 Å². The largest absolute Gasteiger partial charge is 0.398 e. The number of benzene rings is 1. The molecule has 2 aromatic rings. The Morgan fingerprint density at radius 1 is 1.52 bits per heavy atom. The zero-order valence-corrected chi connectivity index (χ0v) is 10.8. The van der Waals surface area contributed by atoms with Gasteiger partial charge < -0.3 is 5.73 Å². The van der Waals surface area contributed by atoms with Gasteiger partial charge in [-0.15, -0.1) is 0 Å². The Morgan fingerprint density at radius 2 is 2.33 bits per heavy atom. The topological polar surface area (TPSA) is 95.0 Å². The molecule has 21 heavy (non-hydrogen) atoms. The predicted octanol–water partition coefficient (Wildman–Crippen LogP) is 1.15. The Morgan fingerprint density at radius 3 is 3.10 bits per heavy atom. The minimum absolute atomic E-state index is 0.340. The van der Waals surface area contributed by atoms with E-state index in [1.165, 1.54) is 0 Å². The van der Waals surface area contributed by atoms with Crippen molar-refractivity contribution in [2.45, 2.75) is 32.1 Å². The third kappa shape index (κ3) is 2.12. The first-order valence-electron chi connectivity index (χ1n) is 9.74. The molecule has 0 bridgehead atoms. The molecule has 1 aromatic heterocycles. The molecule has 1 unspecified atom stereocenters. The number of rotatable bonds is 1. The molecule has 0 aliphatic heterocycles. The van der Waals surface area contributed by atoms with Crippen LogP contribution in [-0.4, -0.2) is 21.1 Å². The molecule has 1 aromatic carbocycles. The van der Waals surface area contributed by atoms with Crippen molar-refractivity contribution in [3.63, 3.8) is 0 Å². The lowest BCUT2D eigenvalue weighted by Crippen LogP contribution is -2.36. The van der Waals surface area contributed by atoms with Gasteiger partial charge in [-0.2, -0.15) is 0 Å². The Kier molecular flexibility index (Phi) is 1.71. The lowest BCUT2D eigenvalue weighted by molar-refractivity contribution is -0.132. The van der Waals surface area contributed by atoms with Gasteiger partial charge in [-0.1, -0.05) is 6.04 Å². The highest BCUT2D eigenvalue weighted by Gasteiger charge is 2.30. The average Bonchev–Trinajstić information content (AvgIpc) is 2.61. The SMILES string of the molecule is [2H]Cc1nc2c([2H])c([2H])c([2H])c(N)c2c(=O)n1C1([2H])CC([2H])([2H])C(=O)CC1=O. The standard InChI is InChI=1S/C15H15N3O3/c1-8-17-11-4-2-3-10(16)14(11)15(21)18(8)12-6-5-9(19)7-13(12)20/h2-4,12H,5-7,16H2,1H3/i1D,2D,3D,4D,5D2,12D. The second-order valence-corrected chi connectivity index (χ2v) is 4.50. The van der Waals surface area contributed by atoms with E-state index in [2.05, 4.69) is 4.98 Å². The maximum atomic E-state index is 13.1. The van der Waals surface area contributed by atoms with E-state index >= 15 is 0 Å². The van der Waals surface area contributed by atoms with Gasteiger partial charge in [0.1, 0.15) is 11.6 Å². The quantitative estimate of drug-likeness (QED) is 0.628. The highest BCUT2D eigenvalue weighted by Crippen LogP contribution is 2.24. The van der Waals surface area contributed by atoms with Crippen LogP contribution in [0.3, 0.4) is 0 Å². The number of hydrogen-bond acceptors (Lipinski definition) is 5. The van der Waals surface area contributed by atoms with E-state index in [9.17, 15) is 14.4 Å². The van der Waals surface area contributed by atoms with Gasteiger partial charge in [-0.25, -0.2) is 4.98 Å². The van der Waals surface area contributed by atoms with Crippen LogP contribution in [0.5, 0.6) is 0 Å². The number of ketones is 2. The van der Waals surface area contributed by atoms with Crippen LogP contribution >= 0.6 is 0 Å². The second-order valence-electron chi connectivity index (χ2n) is 4.50. The van der Waals surface area contributed by atoms with Crippen LogP contribution in [0, 0.1) is 6.90 Å². The summed E-state index contributed by atoms with van der Waals surface area (Å²) in [5.41, 5.74) is 3.86. The van der Waals surface area contributed by atoms with Crippen molar-refractivity contribution in [2.75, 3.05) is 5.73 Å². The molecule has 1 saturated carbocycles. The molecule has 0 radical (unpaired) electrons. The van der Waals surface area contributed by atoms with Gasteiger partial charge in [0, 0.05) is 16.2 Å². The molecule has 1 atom stereocenters.